The first-order valence-electron chi connectivity index (χ1n) is 9.35. The van der Waals surface area contributed by atoms with E-state index in [2.05, 4.69) is 20.8 Å². The van der Waals surface area contributed by atoms with Crippen molar-refractivity contribution < 1.29 is 19.1 Å². The molecule has 0 saturated heterocycles. The highest BCUT2D eigenvalue weighted by Crippen LogP contribution is 2.41. The van der Waals surface area contributed by atoms with Gasteiger partial charge in [-0.05, 0) is 43.8 Å². The van der Waals surface area contributed by atoms with E-state index >= 15 is 0 Å². The number of fused-ring (bicyclic) bond motifs is 3. The molecule has 148 valence electrons. The summed E-state index contributed by atoms with van der Waals surface area (Å²) in [4.78, 5) is 40.7. The average molecular weight is 447 g/mol. The molecule has 0 spiro atoms. The molecule has 1 heterocycles. The van der Waals surface area contributed by atoms with Crippen LogP contribution in [0.2, 0.25) is 0 Å². The smallest absolute Gasteiger partial charge is 0.340 e. The van der Waals surface area contributed by atoms with Gasteiger partial charge in [0.15, 0.2) is 0 Å². The molecule has 0 saturated carbocycles. The van der Waals surface area contributed by atoms with Crippen molar-refractivity contribution >= 4 is 33.5 Å². The van der Waals surface area contributed by atoms with Crippen molar-refractivity contribution in [2.75, 3.05) is 19.7 Å². The zero-order valence-corrected chi connectivity index (χ0v) is 18.1. The molecule has 1 aromatic heterocycles. The number of halogens is 1. The molecule has 0 amide bonds. The Balaban J connectivity index is 2.36. The fourth-order valence-corrected chi connectivity index (χ4v) is 4.04. The van der Waals surface area contributed by atoms with Gasteiger partial charge in [0.1, 0.15) is 5.69 Å². The van der Waals surface area contributed by atoms with Crippen LogP contribution in [-0.2, 0) is 18.3 Å². The number of hydrogen-bond acceptors (Lipinski definition) is 5. The minimum atomic E-state index is -0.594. The number of hydrogen-bond donors (Lipinski definition) is 0. The Kier molecular flexibility index (Phi) is 5.86. The zero-order chi connectivity index (χ0) is 20.6. The number of ether oxygens (including phenoxy) is 1. The molecule has 7 heteroatoms. The predicted molar refractivity (Wildman–Crippen MR) is 110 cm³/mol. The van der Waals surface area contributed by atoms with Crippen LogP contribution in [0.5, 0.6) is 0 Å². The lowest BCUT2D eigenvalue weighted by Gasteiger charge is -2.19. The zero-order valence-electron chi connectivity index (χ0n) is 16.5. The summed E-state index contributed by atoms with van der Waals surface area (Å²) in [6, 6.07) is 5.12. The lowest BCUT2D eigenvalue weighted by Crippen LogP contribution is -2.26. The second kappa shape index (κ2) is 8.01. The van der Waals surface area contributed by atoms with E-state index in [1.54, 1.807) is 36.7 Å². The number of ketones is 2. The molecule has 1 aromatic carbocycles. The summed E-state index contributed by atoms with van der Waals surface area (Å²) in [5.41, 5.74) is 2.68. The second-order valence-corrected chi connectivity index (χ2v) is 7.55. The van der Waals surface area contributed by atoms with E-state index in [9.17, 15) is 14.4 Å². The number of nitrogens with zero attached hydrogens (tertiary/aromatic N) is 2. The summed E-state index contributed by atoms with van der Waals surface area (Å²) in [6.45, 7) is 8.12. The van der Waals surface area contributed by atoms with Crippen molar-refractivity contribution in [1.29, 1.82) is 0 Å². The molecular formula is C21H23BrN2O4. The van der Waals surface area contributed by atoms with Crippen LogP contribution in [0.25, 0.3) is 11.1 Å². The minimum Gasteiger partial charge on any atom is -0.462 e. The van der Waals surface area contributed by atoms with Crippen LogP contribution in [0.3, 0.4) is 0 Å². The van der Waals surface area contributed by atoms with Crippen molar-refractivity contribution in [3.05, 3.63) is 45.2 Å². The summed E-state index contributed by atoms with van der Waals surface area (Å²) in [5.74, 6) is -1.63. The van der Waals surface area contributed by atoms with Crippen molar-refractivity contribution in [1.82, 2.24) is 9.47 Å². The molecule has 0 N–H and O–H groups in total. The number of benzene rings is 1. The Hall–Kier alpha value is -2.25. The number of esters is 1. The SMILES string of the molecule is CCOC(=O)c1c2c(n(C)c1CN(CC)CC)C(=O)C(=O)c1ccc(Br)cc1-2. The van der Waals surface area contributed by atoms with Crippen LogP contribution in [0.4, 0.5) is 0 Å². The van der Waals surface area contributed by atoms with Gasteiger partial charge in [0.2, 0.25) is 5.78 Å². The minimum absolute atomic E-state index is 0.228. The van der Waals surface area contributed by atoms with E-state index in [0.717, 1.165) is 17.6 Å². The third-order valence-corrected chi connectivity index (χ3v) is 5.67. The summed E-state index contributed by atoms with van der Waals surface area (Å²) >= 11 is 3.43. The molecule has 1 aliphatic rings. The molecule has 0 fully saturated rings. The predicted octanol–water partition coefficient (Wildman–Crippen LogP) is 3.85. The molecule has 0 atom stereocenters. The summed E-state index contributed by atoms with van der Waals surface area (Å²) in [7, 11) is 1.73. The Morgan fingerprint density at radius 1 is 1.11 bits per heavy atom. The van der Waals surface area contributed by atoms with Gasteiger partial charge in [-0.2, -0.15) is 0 Å². The van der Waals surface area contributed by atoms with Crippen LogP contribution in [0.15, 0.2) is 22.7 Å². The quantitative estimate of drug-likeness (QED) is 0.497. The van der Waals surface area contributed by atoms with Gasteiger partial charge < -0.3 is 9.30 Å². The van der Waals surface area contributed by atoms with E-state index < -0.39 is 17.5 Å². The molecule has 6 nitrogen and oxygen atoms in total. The van der Waals surface area contributed by atoms with Gasteiger partial charge in [-0.25, -0.2) is 4.79 Å². The number of rotatable bonds is 6. The van der Waals surface area contributed by atoms with Gasteiger partial charge in [0.05, 0.1) is 12.2 Å². The van der Waals surface area contributed by atoms with Crippen LogP contribution in [0, 0.1) is 0 Å². The lowest BCUT2D eigenvalue weighted by molar-refractivity contribution is 0.0524. The van der Waals surface area contributed by atoms with Crippen LogP contribution in [0.1, 0.15) is 57.7 Å². The summed E-state index contributed by atoms with van der Waals surface area (Å²) in [6.07, 6.45) is 0. The maximum atomic E-state index is 12.9. The topological polar surface area (TPSA) is 68.6 Å². The summed E-state index contributed by atoms with van der Waals surface area (Å²) in [5, 5.41) is 0. The van der Waals surface area contributed by atoms with Crippen LogP contribution < -0.4 is 0 Å². The largest absolute Gasteiger partial charge is 0.462 e. The van der Waals surface area contributed by atoms with E-state index in [1.165, 1.54) is 0 Å². The van der Waals surface area contributed by atoms with Gasteiger partial charge in [-0.15, -0.1) is 0 Å². The molecular weight excluding hydrogens is 424 g/mol. The van der Waals surface area contributed by atoms with E-state index in [4.69, 9.17) is 4.74 Å². The fraction of sp³-hybridized carbons (Fsp3) is 0.381. The number of Topliss-reactive ketones (excluding diaryl/α,β-unsaturated/α-hetero) is 2. The molecule has 3 rings (SSSR count). The van der Waals surface area contributed by atoms with Gasteiger partial charge in [0.25, 0.3) is 5.78 Å². The van der Waals surface area contributed by atoms with Gasteiger partial charge in [-0.1, -0.05) is 29.8 Å². The van der Waals surface area contributed by atoms with Crippen molar-refractivity contribution in [3.63, 3.8) is 0 Å². The molecule has 0 aliphatic heterocycles. The maximum Gasteiger partial charge on any atom is 0.340 e. The first-order chi connectivity index (χ1) is 13.3. The highest BCUT2D eigenvalue weighted by molar-refractivity contribution is 9.10. The van der Waals surface area contributed by atoms with Crippen molar-refractivity contribution in [3.8, 4) is 11.1 Å². The Labute approximate surface area is 172 Å². The molecule has 1 aliphatic carbocycles. The lowest BCUT2D eigenvalue weighted by atomic mass is 9.85. The second-order valence-electron chi connectivity index (χ2n) is 6.63. The van der Waals surface area contributed by atoms with Gasteiger partial charge >= 0.3 is 5.97 Å². The standard InChI is InChI=1S/C21H23BrN2O4/c1-5-24(6-2)11-15-17(21(27)28-7-3)16-14-10-12(22)8-9-13(14)19(25)20(26)18(16)23(15)4/h8-10H,5-7,11H2,1-4H3. The highest BCUT2D eigenvalue weighted by Gasteiger charge is 2.39. The fourth-order valence-electron chi connectivity index (χ4n) is 3.68. The highest BCUT2D eigenvalue weighted by atomic mass is 79.9. The summed E-state index contributed by atoms with van der Waals surface area (Å²) < 4.78 is 7.78. The Morgan fingerprint density at radius 3 is 2.39 bits per heavy atom. The van der Waals surface area contributed by atoms with Crippen molar-refractivity contribution in [2.45, 2.75) is 27.3 Å². The van der Waals surface area contributed by atoms with E-state index in [1.807, 2.05) is 13.8 Å². The monoisotopic (exact) mass is 446 g/mol. The molecule has 0 radical (unpaired) electrons. The molecule has 0 bridgehead atoms. The van der Waals surface area contributed by atoms with Crippen LogP contribution in [-0.4, -0.2) is 46.7 Å². The maximum absolute atomic E-state index is 12.9. The third-order valence-electron chi connectivity index (χ3n) is 5.18. The number of aromatic nitrogens is 1. The van der Waals surface area contributed by atoms with Crippen LogP contribution >= 0.6 is 15.9 Å². The molecule has 2 aromatic rings. The van der Waals surface area contributed by atoms with E-state index in [0.29, 0.717) is 34.5 Å². The first kappa shape index (κ1) is 20.5. The van der Waals surface area contributed by atoms with E-state index in [-0.39, 0.29) is 12.3 Å². The van der Waals surface area contributed by atoms with Crippen molar-refractivity contribution in [2.24, 2.45) is 7.05 Å². The number of carbonyl (C=O) groups is 3. The first-order valence-corrected chi connectivity index (χ1v) is 10.1. The van der Waals surface area contributed by atoms with Gasteiger partial charge in [0, 0.05) is 34.9 Å². The Bertz CT molecular complexity index is 973. The molecule has 0 unspecified atom stereocenters. The van der Waals surface area contributed by atoms with Gasteiger partial charge in [-0.3, -0.25) is 14.5 Å². The Morgan fingerprint density at radius 2 is 1.79 bits per heavy atom. The molecule has 28 heavy (non-hydrogen) atoms. The number of carbonyl (C=O) groups excluding carboxylic acids is 3. The average Bonchev–Trinajstić information content (AvgIpc) is 2.96. The normalized spacial score (nSPS) is 12.9. The third kappa shape index (κ3) is 3.22.